The molecule has 3 nitrogen and oxygen atoms in total. The zero-order valence-electron chi connectivity index (χ0n) is 12.7. The Morgan fingerprint density at radius 1 is 1.19 bits per heavy atom. The third kappa shape index (κ3) is 6.40. The molecular weight excluding hydrogens is 300 g/mol. The second-order valence-corrected chi connectivity index (χ2v) is 5.38. The Hall–Kier alpha value is -1.20. The van der Waals surface area contributed by atoms with Gasteiger partial charge in [0, 0.05) is 18.0 Å². The van der Waals surface area contributed by atoms with Gasteiger partial charge in [0.15, 0.2) is 5.78 Å². The standard InChI is InChI=1S/C15H21F2NO2.ClH/c1-10(2)13(9-18(3)4)14(19)11-5-7-12(8-6-11)20-15(16)17;/h5-8,10,13,15H,9H2,1-4H3;1H. The molecule has 0 heterocycles. The van der Waals surface area contributed by atoms with Crippen LogP contribution >= 0.6 is 12.4 Å². The van der Waals surface area contributed by atoms with Crippen molar-refractivity contribution >= 4 is 18.2 Å². The maximum absolute atomic E-state index is 12.4. The minimum atomic E-state index is -2.85. The molecule has 0 aromatic heterocycles. The Kier molecular flexibility index (Phi) is 8.44. The summed E-state index contributed by atoms with van der Waals surface area (Å²) in [5, 5.41) is 0. The van der Waals surface area contributed by atoms with Gasteiger partial charge in [-0.3, -0.25) is 4.79 Å². The van der Waals surface area contributed by atoms with Crippen LogP contribution in [0.1, 0.15) is 24.2 Å². The minimum Gasteiger partial charge on any atom is -0.435 e. The average molecular weight is 322 g/mol. The smallest absolute Gasteiger partial charge is 0.387 e. The molecule has 21 heavy (non-hydrogen) atoms. The molecule has 0 bridgehead atoms. The largest absolute Gasteiger partial charge is 0.435 e. The summed E-state index contributed by atoms with van der Waals surface area (Å²) < 4.78 is 28.4. The number of halogens is 3. The van der Waals surface area contributed by atoms with Gasteiger partial charge in [-0.1, -0.05) is 13.8 Å². The number of ether oxygens (including phenoxy) is 1. The molecule has 1 unspecified atom stereocenters. The summed E-state index contributed by atoms with van der Waals surface area (Å²) in [6.07, 6.45) is 0. The maximum Gasteiger partial charge on any atom is 0.387 e. The van der Waals surface area contributed by atoms with E-state index in [-0.39, 0.29) is 35.8 Å². The van der Waals surface area contributed by atoms with Crippen molar-refractivity contribution in [2.24, 2.45) is 11.8 Å². The number of carbonyl (C=O) groups is 1. The minimum absolute atomic E-state index is 0. The lowest BCUT2D eigenvalue weighted by molar-refractivity contribution is -0.0498. The van der Waals surface area contributed by atoms with E-state index in [9.17, 15) is 13.6 Å². The number of Topliss-reactive ketones (excluding diaryl/α,β-unsaturated/α-hetero) is 1. The van der Waals surface area contributed by atoms with E-state index in [0.717, 1.165) is 0 Å². The number of rotatable bonds is 7. The summed E-state index contributed by atoms with van der Waals surface area (Å²) >= 11 is 0. The van der Waals surface area contributed by atoms with Crippen LogP contribution in [0.2, 0.25) is 0 Å². The Morgan fingerprint density at radius 3 is 2.10 bits per heavy atom. The summed E-state index contributed by atoms with van der Waals surface area (Å²) in [6.45, 7) is 1.81. The SMILES string of the molecule is CC(C)C(CN(C)C)C(=O)c1ccc(OC(F)F)cc1.Cl. The van der Waals surface area contributed by atoms with Gasteiger partial charge >= 0.3 is 6.61 Å². The normalized spacial score (nSPS) is 12.4. The molecule has 0 aliphatic rings. The van der Waals surface area contributed by atoms with Crippen molar-refractivity contribution in [3.8, 4) is 5.75 Å². The van der Waals surface area contributed by atoms with Crippen LogP contribution in [0, 0.1) is 11.8 Å². The van der Waals surface area contributed by atoms with Gasteiger partial charge < -0.3 is 9.64 Å². The number of carbonyl (C=O) groups excluding carboxylic acids is 1. The van der Waals surface area contributed by atoms with Crippen LogP contribution in [0.15, 0.2) is 24.3 Å². The van der Waals surface area contributed by atoms with E-state index >= 15 is 0 Å². The van der Waals surface area contributed by atoms with Gasteiger partial charge in [0.2, 0.25) is 0 Å². The van der Waals surface area contributed by atoms with Gasteiger partial charge in [0.05, 0.1) is 0 Å². The molecule has 0 radical (unpaired) electrons. The van der Waals surface area contributed by atoms with Crippen molar-refractivity contribution in [2.75, 3.05) is 20.6 Å². The molecule has 0 aliphatic carbocycles. The summed E-state index contributed by atoms with van der Waals surface area (Å²) in [5.41, 5.74) is 0.521. The Balaban J connectivity index is 0.00000400. The Labute approximate surface area is 130 Å². The van der Waals surface area contributed by atoms with Crippen LogP contribution in [0.4, 0.5) is 8.78 Å². The Bertz CT molecular complexity index is 436. The zero-order chi connectivity index (χ0) is 15.3. The highest BCUT2D eigenvalue weighted by Crippen LogP contribution is 2.21. The van der Waals surface area contributed by atoms with Crippen molar-refractivity contribution in [3.63, 3.8) is 0 Å². The van der Waals surface area contributed by atoms with E-state index in [4.69, 9.17) is 0 Å². The number of hydrogen-bond donors (Lipinski definition) is 0. The molecule has 0 aliphatic heterocycles. The zero-order valence-corrected chi connectivity index (χ0v) is 13.5. The average Bonchev–Trinajstić information content (AvgIpc) is 2.35. The topological polar surface area (TPSA) is 29.5 Å². The highest BCUT2D eigenvalue weighted by molar-refractivity contribution is 5.98. The van der Waals surface area contributed by atoms with Crippen molar-refractivity contribution in [1.82, 2.24) is 4.90 Å². The number of ketones is 1. The first-order chi connectivity index (χ1) is 9.31. The predicted molar refractivity (Wildman–Crippen MR) is 81.5 cm³/mol. The Morgan fingerprint density at radius 2 is 1.71 bits per heavy atom. The molecule has 0 spiro atoms. The first kappa shape index (κ1) is 19.8. The third-order valence-corrected chi connectivity index (χ3v) is 3.07. The number of benzene rings is 1. The number of nitrogens with zero attached hydrogens (tertiary/aromatic N) is 1. The maximum atomic E-state index is 12.4. The van der Waals surface area contributed by atoms with Gasteiger partial charge in [0.25, 0.3) is 0 Å². The highest BCUT2D eigenvalue weighted by Gasteiger charge is 2.24. The van der Waals surface area contributed by atoms with Crippen LogP contribution in [0.25, 0.3) is 0 Å². The first-order valence-corrected chi connectivity index (χ1v) is 6.55. The summed E-state index contributed by atoms with van der Waals surface area (Å²) in [4.78, 5) is 14.4. The molecule has 0 amide bonds. The molecule has 0 N–H and O–H groups in total. The monoisotopic (exact) mass is 321 g/mol. The molecule has 0 fully saturated rings. The van der Waals surface area contributed by atoms with Crippen LogP contribution in [-0.2, 0) is 0 Å². The van der Waals surface area contributed by atoms with Crippen LogP contribution < -0.4 is 4.74 Å². The predicted octanol–water partition coefficient (Wildman–Crippen LogP) is 3.73. The fraction of sp³-hybridized carbons (Fsp3) is 0.533. The summed E-state index contributed by atoms with van der Waals surface area (Å²) in [5.74, 6) is 0.177. The number of alkyl halides is 2. The molecule has 1 rings (SSSR count). The second-order valence-electron chi connectivity index (χ2n) is 5.38. The van der Waals surface area contributed by atoms with Crippen molar-refractivity contribution < 1.29 is 18.3 Å². The van der Waals surface area contributed by atoms with Crippen LogP contribution in [-0.4, -0.2) is 37.9 Å². The van der Waals surface area contributed by atoms with Gasteiger partial charge in [0.1, 0.15) is 5.75 Å². The fourth-order valence-electron chi connectivity index (χ4n) is 2.00. The lowest BCUT2D eigenvalue weighted by atomic mass is 9.87. The molecular formula is C15H22ClF2NO2. The molecule has 0 saturated heterocycles. The van der Waals surface area contributed by atoms with Crippen LogP contribution in [0.5, 0.6) is 5.75 Å². The number of hydrogen-bond acceptors (Lipinski definition) is 3. The molecule has 120 valence electrons. The lowest BCUT2D eigenvalue weighted by Crippen LogP contribution is -2.31. The van der Waals surface area contributed by atoms with Crippen molar-refractivity contribution in [3.05, 3.63) is 29.8 Å². The highest BCUT2D eigenvalue weighted by atomic mass is 35.5. The van der Waals surface area contributed by atoms with Gasteiger partial charge in [-0.05, 0) is 44.3 Å². The van der Waals surface area contributed by atoms with E-state index in [0.29, 0.717) is 12.1 Å². The van der Waals surface area contributed by atoms with Crippen molar-refractivity contribution in [2.45, 2.75) is 20.5 Å². The third-order valence-electron chi connectivity index (χ3n) is 3.07. The fourth-order valence-corrected chi connectivity index (χ4v) is 2.00. The van der Waals surface area contributed by atoms with E-state index in [1.54, 1.807) is 0 Å². The summed E-state index contributed by atoms with van der Waals surface area (Å²) in [7, 11) is 3.84. The van der Waals surface area contributed by atoms with E-state index in [1.165, 1.54) is 24.3 Å². The van der Waals surface area contributed by atoms with E-state index < -0.39 is 6.61 Å². The molecule has 1 atom stereocenters. The molecule has 1 aromatic carbocycles. The summed E-state index contributed by atoms with van der Waals surface area (Å²) in [6, 6.07) is 5.86. The van der Waals surface area contributed by atoms with Gasteiger partial charge in [-0.2, -0.15) is 8.78 Å². The van der Waals surface area contributed by atoms with Crippen LogP contribution in [0.3, 0.4) is 0 Å². The lowest BCUT2D eigenvalue weighted by Gasteiger charge is -2.23. The van der Waals surface area contributed by atoms with Gasteiger partial charge in [-0.25, -0.2) is 0 Å². The molecule has 1 aromatic rings. The first-order valence-electron chi connectivity index (χ1n) is 6.55. The van der Waals surface area contributed by atoms with E-state index in [1.807, 2.05) is 32.8 Å². The molecule has 0 saturated carbocycles. The van der Waals surface area contributed by atoms with E-state index in [2.05, 4.69) is 4.74 Å². The van der Waals surface area contributed by atoms with Crippen molar-refractivity contribution in [1.29, 1.82) is 0 Å². The quantitative estimate of drug-likeness (QED) is 0.717. The second kappa shape index (κ2) is 8.95. The van der Waals surface area contributed by atoms with Gasteiger partial charge in [-0.15, -0.1) is 12.4 Å². The molecule has 6 heteroatoms.